The Morgan fingerprint density at radius 1 is 1.14 bits per heavy atom. The quantitative estimate of drug-likeness (QED) is 0.343. The molecule has 0 aromatic rings. The van der Waals surface area contributed by atoms with Gasteiger partial charge in [0.15, 0.2) is 16.6 Å². The highest BCUT2D eigenvalue weighted by Gasteiger charge is 2.45. The molecule has 0 aliphatic carbocycles. The summed E-state index contributed by atoms with van der Waals surface area (Å²) in [7, 11) is -3.11. The molecular weight excluding hydrogens is 306 g/mol. The van der Waals surface area contributed by atoms with Gasteiger partial charge in [0.2, 0.25) is 0 Å². The van der Waals surface area contributed by atoms with Crippen molar-refractivity contribution in [1.82, 2.24) is 0 Å². The van der Waals surface area contributed by atoms with Gasteiger partial charge in [-0.1, -0.05) is 34.1 Å². The molecule has 0 saturated carbocycles. The summed E-state index contributed by atoms with van der Waals surface area (Å²) in [6.07, 6.45) is 3.97. The molecule has 3 nitrogen and oxygen atoms in total. The van der Waals surface area contributed by atoms with Gasteiger partial charge in [-0.25, -0.2) is 0 Å². The number of hydrogen-bond donors (Lipinski definition) is 0. The molecule has 22 heavy (non-hydrogen) atoms. The molecule has 2 atom stereocenters. The Morgan fingerprint density at radius 2 is 1.73 bits per heavy atom. The number of hydrogen-bond acceptors (Lipinski definition) is 3. The smallest absolute Gasteiger partial charge is 0.192 e. The second-order valence-corrected chi connectivity index (χ2v) is 18.4. The van der Waals surface area contributed by atoms with Crippen LogP contribution in [0.2, 0.25) is 37.8 Å². The Morgan fingerprint density at radius 3 is 2.18 bits per heavy atom. The van der Waals surface area contributed by atoms with E-state index in [0.717, 1.165) is 13.0 Å². The van der Waals surface area contributed by atoms with Crippen LogP contribution in [0, 0.1) is 0 Å². The predicted octanol–water partition coefficient (Wildman–Crippen LogP) is 5.24. The van der Waals surface area contributed by atoms with Crippen molar-refractivity contribution in [2.75, 3.05) is 6.61 Å². The van der Waals surface area contributed by atoms with E-state index in [1.807, 2.05) is 0 Å². The first-order valence-corrected chi connectivity index (χ1v) is 15.1. The van der Waals surface area contributed by atoms with Gasteiger partial charge < -0.3 is 13.8 Å². The lowest BCUT2D eigenvalue weighted by molar-refractivity contribution is 0.243. The van der Waals surface area contributed by atoms with E-state index in [1.165, 1.54) is 18.6 Å². The van der Waals surface area contributed by atoms with Crippen LogP contribution in [0.4, 0.5) is 0 Å². The highest BCUT2D eigenvalue weighted by molar-refractivity contribution is 6.75. The van der Waals surface area contributed by atoms with Crippen LogP contribution < -0.4 is 0 Å². The predicted molar refractivity (Wildman–Crippen MR) is 102 cm³/mol. The number of rotatable bonds is 8. The lowest BCUT2D eigenvalue weighted by Crippen LogP contribution is -2.41. The maximum Gasteiger partial charge on any atom is 0.192 e. The van der Waals surface area contributed by atoms with Crippen molar-refractivity contribution in [3.8, 4) is 0 Å². The Labute approximate surface area is 140 Å². The van der Waals surface area contributed by atoms with Crippen molar-refractivity contribution in [1.29, 1.82) is 0 Å². The minimum Gasteiger partial charge on any atom is -0.414 e. The zero-order valence-corrected chi connectivity index (χ0v) is 18.2. The van der Waals surface area contributed by atoms with Gasteiger partial charge >= 0.3 is 0 Å². The zero-order chi connectivity index (χ0) is 17.2. The van der Waals surface area contributed by atoms with Crippen molar-refractivity contribution in [3.63, 3.8) is 0 Å². The van der Waals surface area contributed by atoms with Crippen LogP contribution in [-0.2, 0) is 9.16 Å². The molecule has 0 amide bonds. The van der Waals surface area contributed by atoms with Crippen molar-refractivity contribution in [3.05, 3.63) is 0 Å². The Kier molecular flexibility index (Phi) is 6.64. The highest BCUT2D eigenvalue weighted by atomic mass is 28.4. The van der Waals surface area contributed by atoms with E-state index in [-0.39, 0.29) is 17.2 Å². The van der Waals surface area contributed by atoms with E-state index in [1.54, 1.807) is 0 Å². The molecule has 1 rings (SSSR count). The third kappa shape index (κ3) is 6.26. The van der Waals surface area contributed by atoms with Gasteiger partial charge in [-0.3, -0.25) is 0 Å². The Hall–Kier alpha value is 0.0238. The van der Waals surface area contributed by atoms with Gasteiger partial charge in [-0.15, -0.1) is 0 Å². The molecule has 1 fully saturated rings. The zero-order valence-electron chi connectivity index (χ0n) is 16.2. The van der Waals surface area contributed by atoms with Crippen molar-refractivity contribution < 1.29 is 9.16 Å². The molecule has 1 heterocycles. The van der Waals surface area contributed by atoms with E-state index < -0.39 is 16.6 Å². The van der Waals surface area contributed by atoms with Gasteiger partial charge in [0.25, 0.3) is 0 Å². The van der Waals surface area contributed by atoms with Gasteiger partial charge in [0, 0.05) is 5.71 Å². The maximum atomic E-state index is 6.30. The van der Waals surface area contributed by atoms with Crippen LogP contribution >= 0.6 is 0 Å². The first-order valence-electron chi connectivity index (χ1n) is 8.75. The molecule has 0 aromatic carbocycles. The van der Waals surface area contributed by atoms with Gasteiger partial charge in [-0.05, 0) is 50.6 Å². The molecule has 0 radical (unpaired) electrons. The summed E-state index contributed by atoms with van der Waals surface area (Å²) in [5.41, 5.74) is 1.30. The SMILES string of the molecule is CCCC/C(=N\[Si](C)(C)C)[C@@H]1O[C@H]1CO[Si](C)(C)C(C)(C)C. The van der Waals surface area contributed by atoms with E-state index in [2.05, 4.69) is 60.4 Å². The van der Waals surface area contributed by atoms with Gasteiger partial charge in [-0.2, -0.15) is 0 Å². The summed E-state index contributed by atoms with van der Waals surface area (Å²) < 4.78 is 17.3. The van der Waals surface area contributed by atoms with E-state index in [0.29, 0.717) is 0 Å². The van der Waals surface area contributed by atoms with Gasteiger partial charge in [0.1, 0.15) is 12.2 Å². The Bertz CT molecular complexity index is 394. The molecule has 1 aliphatic rings. The molecule has 0 aromatic heterocycles. The minimum atomic E-state index is -1.68. The third-order valence-electron chi connectivity index (χ3n) is 4.59. The number of unbranched alkanes of at least 4 members (excludes halogenated alkanes) is 1. The normalized spacial score (nSPS) is 23.8. The molecule has 1 aliphatic heterocycles. The first kappa shape index (κ1) is 20.1. The molecule has 0 unspecified atom stereocenters. The second kappa shape index (κ2) is 7.28. The lowest BCUT2D eigenvalue weighted by atomic mass is 10.1. The summed E-state index contributed by atoms with van der Waals surface area (Å²) in [6.45, 7) is 21.3. The van der Waals surface area contributed by atoms with Crippen LogP contribution in [0.15, 0.2) is 4.66 Å². The van der Waals surface area contributed by atoms with Crippen LogP contribution in [-0.4, -0.2) is 41.1 Å². The standard InChI is InChI=1S/C17H37NO2Si2/c1-10-11-12-14(18-21(5,6)7)16-15(20-16)13-19-22(8,9)17(2,3)4/h15-16H,10-13H2,1-9H3/b18-14+/t15-,16-/m0/s1. The molecule has 0 N–H and O–H groups in total. The van der Waals surface area contributed by atoms with Gasteiger partial charge in [0.05, 0.1) is 6.61 Å². The average molecular weight is 344 g/mol. The van der Waals surface area contributed by atoms with E-state index in [9.17, 15) is 0 Å². The van der Waals surface area contributed by atoms with Crippen LogP contribution in [0.25, 0.3) is 0 Å². The first-order chi connectivity index (χ1) is 9.87. The molecule has 130 valence electrons. The Balaban J connectivity index is 2.60. The molecule has 0 spiro atoms. The van der Waals surface area contributed by atoms with Crippen LogP contribution in [0.1, 0.15) is 47.0 Å². The average Bonchev–Trinajstić information content (AvgIpc) is 3.08. The lowest BCUT2D eigenvalue weighted by Gasteiger charge is -2.36. The minimum absolute atomic E-state index is 0.225. The highest BCUT2D eigenvalue weighted by Crippen LogP contribution is 2.38. The van der Waals surface area contributed by atoms with Crippen molar-refractivity contribution >= 4 is 22.3 Å². The monoisotopic (exact) mass is 343 g/mol. The van der Waals surface area contributed by atoms with E-state index >= 15 is 0 Å². The largest absolute Gasteiger partial charge is 0.414 e. The summed E-state index contributed by atoms with van der Waals surface area (Å²) in [5.74, 6) is 0. The molecular formula is C17H37NO2Si2. The topological polar surface area (TPSA) is 34.1 Å². The van der Waals surface area contributed by atoms with Crippen LogP contribution in [0.3, 0.4) is 0 Å². The van der Waals surface area contributed by atoms with Crippen LogP contribution in [0.5, 0.6) is 0 Å². The number of ether oxygens (including phenoxy) is 1. The fourth-order valence-electron chi connectivity index (χ4n) is 2.12. The van der Waals surface area contributed by atoms with E-state index in [4.69, 9.17) is 13.8 Å². The summed E-state index contributed by atoms with van der Waals surface area (Å²) in [4.78, 5) is 0. The summed E-state index contributed by atoms with van der Waals surface area (Å²) in [6, 6.07) is 0. The maximum absolute atomic E-state index is 6.30. The van der Waals surface area contributed by atoms with Crippen molar-refractivity contribution in [2.24, 2.45) is 4.66 Å². The molecule has 0 bridgehead atoms. The third-order valence-corrected chi connectivity index (χ3v) is 10.0. The summed E-state index contributed by atoms with van der Waals surface area (Å²) >= 11 is 0. The second-order valence-electron chi connectivity index (χ2n) is 9.04. The fourth-order valence-corrected chi connectivity index (χ4v) is 4.23. The number of epoxide rings is 1. The molecule has 5 heteroatoms. The number of nitrogens with zero attached hydrogens (tertiary/aromatic N) is 1. The fraction of sp³-hybridized carbons (Fsp3) is 0.941. The molecule has 1 saturated heterocycles. The summed E-state index contributed by atoms with van der Waals surface area (Å²) in [5, 5.41) is 0.259. The van der Waals surface area contributed by atoms with Crippen molar-refractivity contribution in [2.45, 2.75) is 96.9 Å².